The van der Waals surface area contributed by atoms with Crippen LogP contribution in [-0.4, -0.2) is 35.6 Å². The summed E-state index contributed by atoms with van der Waals surface area (Å²) in [5.41, 5.74) is 2.46. The fourth-order valence-corrected chi connectivity index (χ4v) is 3.54. The van der Waals surface area contributed by atoms with E-state index in [-0.39, 0.29) is 22.8 Å². The minimum absolute atomic E-state index is 0.263. The number of para-hydroxylation sites is 2. The number of rotatable bonds is 4. The Morgan fingerprint density at radius 3 is 2.52 bits per heavy atom. The average Bonchev–Trinajstić information content (AvgIpc) is 2.73. The van der Waals surface area contributed by atoms with Crippen LogP contribution in [-0.2, 0) is 10.2 Å². The summed E-state index contributed by atoms with van der Waals surface area (Å²) in [6.45, 7) is 1.67. The van der Waals surface area contributed by atoms with Crippen molar-refractivity contribution < 1.29 is 13.9 Å². The molecule has 0 radical (unpaired) electrons. The van der Waals surface area contributed by atoms with Gasteiger partial charge in [-0.25, -0.2) is 9.37 Å². The number of hydrogen-bond acceptors (Lipinski definition) is 4. The molecular formula is C21H20FN3O2. The molecule has 1 aliphatic rings. The lowest BCUT2D eigenvalue weighted by atomic mass is 9.74. The van der Waals surface area contributed by atoms with Gasteiger partial charge in [0.2, 0.25) is 0 Å². The van der Waals surface area contributed by atoms with Gasteiger partial charge in [0.05, 0.1) is 17.2 Å². The van der Waals surface area contributed by atoms with E-state index in [1.165, 1.54) is 18.3 Å². The summed E-state index contributed by atoms with van der Waals surface area (Å²) in [6, 6.07) is 13.9. The molecule has 0 unspecified atom stereocenters. The van der Waals surface area contributed by atoms with Crippen molar-refractivity contribution in [1.82, 2.24) is 15.3 Å². The summed E-state index contributed by atoms with van der Waals surface area (Å²) in [6.07, 6.45) is 3.02. The number of nitrogens with one attached hydrogen (secondary N) is 1. The summed E-state index contributed by atoms with van der Waals surface area (Å²) in [5, 5.41) is 3.00. The molecule has 0 saturated carbocycles. The van der Waals surface area contributed by atoms with Crippen LogP contribution in [0.15, 0.2) is 54.7 Å². The van der Waals surface area contributed by atoms with Crippen LogP contribution in [0.1, 0.15) is 28.9 Å². The number of amides is 1. The smallest absolute Gasteiger partial charge is 0.271 e. The number of benzene rings is 2. The molecule has 0 spiro atoms. The number of carbonyl (C=O) groups excluding carboxylic acids is 1. The molecular weight excluding hydrogens is 345 g/mol. The van der Waals surface area contributed by atoms with Crippen molar-refractivity contribution in [3.05, 3.63) is 71.8 Å². The van der Waals surface area contributed by atoms with Crippen LogP contribution in [0.25, 0.3) is 11.0 Å². The highest BCUT2D eigenvalue weighted by Gasteiger charge is 2.35. The van der Waals surface area contributed by atoms with Gasteiger partial charge in [0.25, 0.3) is 5.91 Å². The molecule has 1 aliphatic heterocycles. The molecule has 3 aromatic rings. The van der Waals surface area contributed by atoms with Crippen LogP contribution < -0.4 is 5.32 Å². The lowest BCUT2D eigenvalue weighted by Crippen LogP contribution is -2.44. The minimum Gasteiger partial charge on any atom is -0.381 e. The van der Waals surface area contributed by atoms with E-state index in [0.717, 1.165) is 23.9 Å². The van der Waals surface area contributed by atoms with Gasteiger partial charge in [-0.05, 0) is 42.7 Å². The second-order valence-corrected chi connectivity index (χ2v) is 6.83. The maximum absolute atomic E-state index is 13.3. The largest absolute Gasteiger partial charge is 0.381 e. The summed E-state index contributed by atoms with van der Waals surface area (Å²) >= 11 is 0. The van der Waals surface area contributed by atoms with E-state index in [2.05, 4.69) is 15.3 Å². The first-order chi connectivity index (χ1) is 13.2. The van der Waals surface area contributed by atoms with Gasteiger partial charge >= 0.3 is 0 Å². The van der Waals surface area contributed by atoms with Gasteiger partial charge in [0.1, 0.15) is 11.5 Å². The van der Waals surface area contributed by atoms with Gasteiger partial charge in [0, 0.05) is 25.2 Å². The summed E-state index contributed by atoms with van der Waals surface area (Å²) < 4.78 is 18.8. The average molecular weight is 365 g/mol. The maximum atomic E-state index is 13.3. The van der Waals surface area contributed by atoms with Crippen LogP contribution in [0.4, 0.5) is 4.39 Å². The Labute approximate surface area is 156 Å². The molecule has 0 bridgehead atoms. The Balaban J connectivity index is 1.54. The van der Waals surface area contributed by atoms with Gasteiger partial charge in [-0.1, -0.05) is 24.3 Å². The first-order valence-corrected chi connectivity index (χ1v) is 9.00. The number of nitrogens with zero attached hydrogens (tertiary/aromatic N) is 2. The minimum atomic E-state index is -0.272. The monoisotopic (exact) mass is 365 g/mol. The zero-order valence-electron chi connectivity index (χ0n) is 14.8. The lowest BCUT2D eigenvalue weighted by Gasteiger charge is -2.38. The Kier molecular flexibility index (Phi) is 4.81. The van der Waals surface area contributed by atoms with Gasteiger partial charge in [-0.2, -0.15) is 0 Å². The molecule has 1 saturated heterocycles. The van der Waals surface area contributed by atoms with Gasteiger partial charge in [-0.3, -0.25) is 9.78 Å². The highest BCUT2D eigenvalue weighted by molar-refractivity contribution is 5.93. The van der Waals surface area contributed by atoms with Crippen molar-refractivity contribution in [1.29, 1.82) is 0 Å². The van der Waals surface area contributed by atoms with Gasteiger partial charge < -0.3 is 10.1 Å². The molecule has 4 rings (SSSR count). The highest BCUT2D eigenvalue weighted by Crippen LogP contribution is 2.34. The third kappa shape index (κ3) is 3.66. The molecule has 1 N–H and O–H groups in total. The SMILES string of the molecule is O=C(NCC1(c2ccc(F)cc2)CCOCC1)c1cnc2ccccc2n1. The van der Waals surface area contributed by atoms with E-state index in [4.69, 9.17) is 4.74 Å². The van der Waals surface area contributed by atoms with E-state index in [1.807, 2.05) is 24.3 Å². The Morgan fingerprint density at radius 2 is 1.78 bits per heavy atom. The van der Waals surface area contributed by atoms with Crippen molar-refractivity contribution in [3.63, 3.8) is 0 Å². The van der Waals surface area contributed by atoms with Gasteiger partial charge in [-0.15, -0.1) is 0 Å². The van der Waals surface area contributed by atoms with E-state index >= 15 is 0 Å². The van der Waals surface area contributed by atoms with Crippen LogP contribution in [0.5, 0.6) is 0 Å². The number of hydrogen-bond donors (Lipinski definition) is 1. The van der Waals surface area contributed by atoms with Crippen molar-refractivity contribution in [3.8, 4) is 0 Å². The predicted octanol–water partition coefficient (Wildman–Crippen LogP) is 3.25. The third-order valence-corrected chi connectivity index (χ3v) is 5.18. The normalized spacial score (nSPS) is 16.2. The summed E-state index contributed by atoms with van der Waals surface area (Å²) in [5.74, 6) is -0.530. The molecule has 1 fully saturated rings. The molecule has 0 aliphatic carbocycles. The molecule has 5 nitrogen and oxygen atoms in total. The Morgan fingerprint density at radius 1 is 1.07 bits per heavy atom. The molecule has 138 valence electrons. The number of fused-ring (bicyclic) bond motifs is 1. The molecule has 6 heteroatoms. The van der Waals surface area contributed by atoms with E-state index in [0.29, 0.717) is 25.3 Å². The molecule has 0 atom stereocenters. The lowest BCUT2D eigenvalue weighted by molar-refractivity contribution is 0.0486. The zero-order valence-corrected chi connectivity index (χ0v) is 14.8. The third-order valence-electron chi connectivity index (χ3n) is 5.18. The van der Waals surface area contributed by atoms with Gasteiger partial charge in [0.15, 0.2) is 0 Å². The standard InChI is InChI=1S/C21H20FN3O2/c22-16-7-5-15(6-8-16)21(9-11-27-12-10-21)14-24-20(26)19-13-23-17-3-1-2-4-18(17)25-19/h1-8,13H,9-12,14H2,(H,24,26). The van der Waals surface area contributed by atoms with Crippen LogP contribution in [0, 0.1) is 5.82 Å². The molecule has 1 aromatic heterocycles. The van der Waals surface area contributed by atoms with Crippen molar-refractivity contribution >= 4 is 16.9 Å². The van der Waals surface area contributed by atoms with E-state index in [9.17, 15) is 9.18 Å². The quantitative estimate of drug-likeness (QED) is 0.771. The number of ether oxygens (including phenoxy) is 1. The topological polar surface area (TPSA) is 64.1 Å². The Hall–Kier alpha value is -2.86. The number of carbonyl (C=O) groups is 1. The first-order valence-electron chi connectivity index (χ1n) is 9.00. The van der Waals surface area contributed by atoms with Crippen molar-refractivity contribution in [2.24, 2.45) is 0 Å². The van der Waals surface area contributed by atoms with Crippen molar-refractivity contribution in [2.45, 2.75) is 18.3 Å². The summed E-state index contributed by atoms with van der Waals surface area (Å²) in [7, 11) is 0. The number of aromatic nitrogens is 2. The molecule has 1 amide bonds. The number of halogens is 1. The fraction of sp³-hybridized carbons (Fsp3) is 0.286. The highest BCUT2D eigenvalue weighted by atomic mass is 19.1. The summed E-state index contributed by atoms with van der Waals surface area (Å²) in [4.78, 5) is 21.3. The second-order valence-electron chi connectivity index (χ2n) is 6.83. The molecule has 2 heterocycles. The fourth-order valence-electron chi connectivity index (χ4n) is 3.54. The van der Waals surface area contributed by atoms with Crippen LogP contribution in [0.2, 0.25) is 0 Å². The van der Waals surface area contributed by atoms with E-state index < -0.39 is 0 Å². The predicted molar refractivity (Wildman–Crippen MR) is 100 cm³/mol. The molecule has 27 heavy (non-hydrogen) atoms. The van der Waals surface area contributed by atoms with Crippen LogP contribution in [0.3, 0.4) is 0 Å². The van der Waals surface area contributed by atoms with Crippen molar-refractivity contribution in [2.75, 3.05) is 19.8 Å². The second kappa shape index (κ2) is 7.40. The first kappa shape index (κ1) is 17.5. The maximum Gasteiger partial charge on any atom is 0.271 e. The van der Waals surface area contributed by atoms with Crippen LogP contribution >= 0.6 is 0 Å². The van der Waals surface area contributed by atoms with E-state index in [1.54, 1.807) is 12.1 Å². The molecule has 2 aromatic carbocycles. The Bertz CT molecular complexity index is 953. The zero-order chi connectivity index (χ0) is 18.7.